The lowest BCUT2D eigenvalue weighted by atomic mass is 10.2. The number of hydrogen-bond acceptors (Lipinski definition) is 5. The van der Waals surface area contributed by atoms with Crippen molar-refractivity contribution in [1.82, 2.24) is 4.72 Å². The monoisotopic (exact) mass is 336 g/mol. The molecule has 0 spiro atoms. The second kappa shape index (κ2) is 6.98. The normalized spacial score (nSPS) is 12.2. The molecule has 0 aliphatic rings. The van der Waals surface area contributed by atoms with Gasteiger partial charge in [-0.05, 0) is 24.1 Å². The van der Waals surface area contributed by atoms with Gasteiger partial charge in [-0.2, -0.15) is 0 Å². The van der Waals surface area contributed by atoms with Crippen molar-refractivity contribution < 1.29 is 26.7 Å². The smallest absolute Gasteiger partial charge is 0.304 e. The Morgan fingerprint density at radius 3 is 2.19 bits per heavy atom. The van der Waals surface area contributed by atoms with Crippen molar-refractivity contribution in [3.8, 4) is 0 Å². The molecule has 4 N–H and O–H groups in total. The van der Waals surface area contributed by atoms with E-state index in [4.69, 9.17) is 10.2 Å². The van der Waals surface area contributed by atoms with E-state index in [-0.39, 0.29) is 11.4 Å². The molecule has 1 aromatic carbocycles. The summed E-state index contributed by atoms with van der Waals surface area (Å²) in [6, 6.07) is 5.74. The molecule has 0 aromatic heterocycles. The Bertz CT molecular complexity index is 695. The van der Waals surface area contributed by atoms with Crippen LogP contribution < -0.4 is 9.86 Å². The third kappa shape index (κ3) is 6.67. The Morgan fingerprint density at radius 1 is 1.14 bits per heavy atom. The zero-order chi connectivity index (χ0) is 16.1. The van der Waals surface area contributed by atoms with Crippen molar-refractivity contribution in [1.29, 1.82) is 0 Å². The first-order valence-corrected chi connectivity index (χ1v) is 9.11. The molecule has 0 amide bonds. The van der Waals surface area contributed by atoms with Crippen molar-refractivity contribution >= 4 is 26.0 Å². The van der Waals surface area contributed by atoms with Gasteiger partial charge in [-0.15, -0.1) is 0 Å². The summed E-state index contributed by atoms with van der Waals surface area (Å²) in [4.78, 5) is 10.3. The molecule has 1 aromatic rings. The third-order valence-corrected chi connectivity index (χ3v) is 4.89. The summed E-state index contributed by atoms with van der Waals surface area (Å²) in [5.41, 5.74) is 0.725. The van der Waals surface area contributed by atoms with Gasteiger partial charge in [0.15, 0.2) is 0 Å². The molecule has 10 heteroatoms. The summed E-state index contributed by atoms with van der Waals surface area (Å²) in [6.45, 7) is 0.0939. The fourth-order valence-electron chi connectivity index (χ4n) is 1.49. The van der Waals surface area contributed by atoms with Crippen LogP contribution in [0.2, 0.25) is 0 Å². The van der Waals surface area contributed by atoms with E-state index in [1.54, 1.807) is 0 Å². The Hall–Kier alpha value is -1.49. The molecule has 1 rings (SSSR count). The predicted octanol–water partition coefficient (Wildman–Crippen LogP) is -0.729. The minimum Gasteiger partial charge on any atom is -0.481 e. The van der Waals surface area contributed by atoms with Crippen LogP contribution in [0.5, 0.6) is 0 Å². The molecular weight excluding hydrogens is 320 g/mol. The predicted molar refractivity (Wildman–Crippen MR) is 75.6 cm³/mol. The number of carbonyl (C=O) groups is 1. The van der Waals surface area contributed by atoms with E-state index in [9.17, 15) is 21.6 Å². The third-order valence-electron chi connectivity index (χ3n) is 2.57. The van der Waals surface area contributed by atoms with E-state index in [1.165, 1.54) is 24.3 Å². The first-order chi connectivity index (χ1) is 9.60. The summed E-state index contributed by atoms with van der Waals surface area (Å²) < 4.78 is 47.3. The first-order valence-electron chi connectivity index (χ1n) is 5.91. The van der Waals surface area contributed by atoms with Crippen LogP contribution in [-0.2, 0) is 31.3 Å². The minimum atomic E-state index is -3.75. The van der Waals surface area contributed by atoms with E-state index < -0.39 is 38.2 Å². The quantitative estimate of drug-likeness (QED) is 0.571. The van der Waals surface area contributed by atoms with E-state index in [1.807, 2.05) is 0 Å². The van der Waals surface area contributed by atoms with Gasteiger partial charge in [0.1, 0.15) is 0 Å². The molecule has 0 aliphatic heterocycles. The molecule has 0 aliphatic carbocycles. The van der Waals surface area contributed by atoms with Crippen LogP contribution in [0.25, 0.3) is 0 Å². The summed E-state index contributed by atoms with van der Waals surface area (Å²) in [5, 5.41) is 13.4. The zero-order valence-electron chi connectivity index (χ0n) is 11.0. The second-order valence-corrected chi connectivity index (χ2v) is 7.78. The Morgan fingerprint density at radius 2 is 1.71 bits per heavy atom. The van der Waals surface area contributed by atoms with Crippen LogP contribution in [0.4, 0.5) is 0 Å². The van der Waals surface area contributed by atoms with Crippen molar-refractivity contribution in [2.24, 2.45) is 5.14 Å². The number of primary sulfonamides is 1. The Balaban J connectivity index is 2.51. The van der Waals surface area contributed by atoms with Gasteiger partial charge in [0.25, 0.3) is 0 Å². The summed E-state index contributed by atoms with van der Waals surface area (Å²) >= 11 is 0. The highest BCUT2D eigenvalue weighted by atomic mass is 32.2. The standard InChI is InChI=1S/C11H16N2O6S2/c12-21(18,19)10-3-1-9(2-4-10)5-7-13-20(16,17)8-6-11(14)15/h1-4,13H,5-8H2,(H,14,15)(H2,12,18,19). The number of carboxylic acid groups (broad SMARTS) is 1. The lowest BCUT2D eigenvalue weighted by molar-refractivity contribution is -0.136. The number of carboxylic acids is 1. The average molecular weight is 336 g/mol. The van der Waals surface area contributed by atoms with Crippen LogP contribution in [0.15, 0.2) is 29.2 Å². The van der Waals surface area contributed by atoms with Crippen molar-refractivity contribution in [2.45, 2.75) is 17.7 Å². The van der Waals surface area contributed by atoms with E-state index >= 15 is 0 Å². The zero-order valence-corrected chi connectivity index (χ0v) is 12.7. The highest BCUT2D eigenvalue weighted by molar-refractivity contribution is 7.89. The number of benzene rings is 1. The molecule has 0 saturated carbocycles. The number of aliphatic carboxylic acids is 1. The Kier molecular flexibility index (Phi) is 5.84. The van der Waals surface area contributed by atoms with Crippen molar-refractivity contribution in [3.05, 3.63) is 29.8 Å². The SMILES string of the molecule is NS(=O)(=O)c1ccc(CCNS(=O)(=O)CCC(=O)O)cc1. The number of nitrogens with two attached hydrogens (primary N) is 1. The van der Waals surface area contributed by atoms with Gasteiger partial charge < -0.3 is 5.11 Å². The number of rotatable bonds is 8. The van der Waals surface area contributed by atoms with E-state index in [0.29, 0.717) is 6.42 Å². The lowest BCUT2D eigenvalue weighted by Gasteiger charge is -2.06. The maximum absolute atomic E-state index is 11.4. The maximum Gasteiger partial charge on any atom is 0.304 e. The molecule has 0 unspecified atom stereocenters. The summed E-state index contributed by atoms with van der Waals surface area (Å²) in [6.07, 6.45) is -0.115. The molecule has 0 atom stereocenters. The van der Waals surface area contributed by atoms with Crippen LogP contribution >= 0.6 is 0 Å². The average Bonchev–Trinajstić information content (AvgIpc) is 2.36. The van der Waals surface area contributed by atoms with Gasteiger partial charge in [0.05, 0.1) is 17.1 Å². The number of sulfonamides is 2. The topological polar surface area (TPSA) is 144 Å². The lowest BCUT2D eigenvalue weighted by Crippen LogP contribution is -2.29. The van der Waals surface area contributed by atoms with E-state index in [0.717, 1.165) is 5.56 Å². The van der Waals surface area contributed by atoms with Crippen LogP contribution in [-0.4, -0.2) is 40.2 Å². The van der Waals surface area contributed by atoms with Gasteiger partial charge >= 0.3 is 5.97 Å². The van der Waals surface area contributed by atoms with Crippen molar-refractivity contribution in [2.75, 3.05) is 12.3 Å². The Labute approximate surface area is 123 Å². The molecule has 0 heterocycles. The summed E-state index contributed by atoms with van der Waals surface area (Å²) in [7, 11) is -7.37. The maximum atomic E-state index is 11.4. The second-order valence-electron chi connectivity index (χ2n) is 4.30. The molecule has 8 nitrogen and oxygen atoms in total. The van der Waals surface area contributed by atoms with Crippen LogP contribution in [0.1, 0.15) is 12.0 Å². The molecule has 21 heavy (non-hydrogen) atoms. The van der Waals surface area contributed by atoms with Crippen LogP contribution in [0.3, 0.4) is 0 Å². The highest BCUT2D eigenvalue weighted by Crippen LogP contribution is 2.09. The van der Waals surface area contributed by atoms with Crippen molar-refractivity contribution in [3.63, 3.8) is 0 Å². The minimum absolute atomic E-state index is 0.0201. The van der Waals surface area contributed by atoms with Gasteiger partial charge in [0.2, 0.25) is 20.0 Å². The molecule has 0 bridgehead atoms. The number of nitrogens with one attached hydrogen (secondary N) is 1. The first kappa shape index (κ1) is 17.6. The fraction of sp³-hybridized carbons (Fsp3) is 0.364. The fourth-order valence-corrected chi connectivity index (χ4v) is 3.01. The largest absolute Gasteiger partial charge is 0.481 e. The summed E-state index contributed by atoms with van der Waals surface area (Å²) in [5.74, 6) is -1.66. The van der Waals surface area contributed by atoms with Gasteiger partial charge in [-0.25, -0.2) is 26.7 Å². The van der Waals surface area contributed by atoms with Gasteiger partial charge in [0, 0.05) is 6.54 Å². The van der Waals surface area contributed by atoms with Gasteiger partial charge in [-0.1, -0.05) is 12.1 Å². The highest BCUT2D eigenvalue weighted by Gasteiger charge is 2.12. The molecule has 0 radical (unpaired) electrons. The van der Waals surface area contributed by atoms with E-state index in [2.05, 4.69) is 4.72 Å². The van der Waals surface area contributed by atoms with Crippen LogP contribution in [0, 0.1) is 0 Å². The molecule has 0 saturated heterocycles. The molecular formula is C11H16N2O6S2. The number of hydrogen-bond donors (Lipinski definition) is 3. The van der Waals surface area contributed by atoms with Gasteiger partial charge in [-0.3, -0.25) is 4.79 Å². The molecule has 0 fully saturated rings. The molecule has 118 valence electrons.